The molecule has 4 aliphatic heterocycles. The van der Waals surface area contributed by atoms with Crippen molar-refractivity contribution in [3.05, 3.63) is 81.2 Å². The summed E-state index contributed by atoms with van der Waals surface area (Å²) in [6.45, 7) is 5.79. The number of fused-ring (bicyclic) bond motifs is 6. The largest absolute Gasteiger partial charge is 0.354 e. The first kappa shape index (κ1) is 36.8. The molecule has 0 radical (unpaired) electrons. The fourth-order valence-corrected chi connectivity index (χ4v) is 10.6. The first-order chi connectivity index (χ1) is 27.2. The van der Waals surface area contributed by atoms with E-state index in [0.717, 1.165) is 42.8 Å². The van der Waals surface area contributed by atoms with Gasteiger partial charge in [0.2, 0.25) is 0 Å². The number of hydrogen-bond acceptors (Lipinski definition) is 7. The zero-order valence-electron chi connectivity index (χ0n) is 31.3. The van der Waals surface area contributed by atoms with Gasteiger partial charge in [0.05, 0.1) is 45.7 Å². The Balaban J connectivity index is 1.21. The molecule has 9 nitrogen and oxygen atoms in total. The number of benzene rings is 2. The molecule has 294 valence electrons. The first-order valence-electron chi connectivity index (χ1n) is 19.4. The standard InChI is InChI=1S/C42H38Cl2F4N8O/c1-19(14-49)25-11-27-36(35(45)33(25)24-5-4-6-28(43)34(24)44)53-20(2)26-12-30(56(39(26)27)37-21-10-29(37)50-15-21)38-22-9-23(55(38)40(57)42(48)7-8-42)17-54(16-22)32-13-31(41(3,46)47)51-18-52-32/h4-6,11-13,18-19,21-23,29,37-38,50H,7-10,15-17H2,1-3H3/t19?,21-,22+,23-,29-,37+,38-/m1/s1. The van der Waals surface area contributed by atoms with Crippen LogP contribution in [-0.2, 0) is 10.7 Å². The molecule has 1 amide bonds. The number of aryl methyl sites for hydroxylation is 1. The summed E-state index contributed by atoms with van der Waals surface area (Å²) in [5.41, 5.74) is 0.801. The third-order valence-corrected chi connectivity index (χ3v) is 14.0. The van der Waals surface area contributed by atoms with E-state index in [1.54, 1.807) is 30.0 Å². The Hall–Kier alpha value is -4.51. The van der Waals surface area contributed by atoms with Crippen LogP contribution in [0.4, 0.5) is 23.4 Å². The molecule has 2 saturated carbocycles. The van der Waals surface area contributed by atoms with Gasteiger partial charge in [-0.3, -0.25) is 4.79 Å². The third-order valence-electron chi connectivity index (χ3n) is 13.2. The average molecular weight is 818 g/mol. The van der Waals surface area contributed by atoms with Crippen molar-refractivity contribution in [1.82, 2.24) is 29.7 Å². The maximum Gasteiger partial charge on any atom is 0.287 e. The van der Waals surface area contributed by atoms with Gasteiger partial charge >= 0.3 is 0 Å². The lowest BCUT2D eigenvalue weighted by molar-refractivity contribution is -0.141. The smallest absolute Gasteiger partial charge is 0.287 e. The predicted octanol–water partition coefficient (Wildman–Crippen LogP) is 8.95. The van der Waals surface area contributed by atoms with Crippen molar-refractivity contribution in [3.63, 3.8) is 0 Å². The molecular formula is C42H38Cl2F4N8O. The lowest BCUT2D eigenvalue weighted by Gasteiger charge is -2.40. The molecule has 3 aromatic heterocycles. The number of nitriles is 1. The van der Waals surface area contributed by atoms with E-state index in [4.69, 9.17) is 28.2 Å². The Kier molecular flexibility index (Phi) is 8.23. The van der Waals surface area contributed by atoms with Crippen molar-refractivity contribution < 1.29 is 22.4 Å². The minimum Gasteiger partial charge on any atom is -0.354 e. The number of alkyl halides is 3. The van der Waals surface area contributed by atoms with Crippen LogP contribution in [0.5, 0.6) is 0 Å². The Morgan fingerprint density at radius 2 is 1.89 bits per heavy atom. The normalized spacial score (nSPS) is 26.5. The second-order valence-electron chi connectivity index (χ2n) is 16.7. The number of rotatable bonds is 7. The van der Waals surface area contributed by atoms with Crippen LogP contribution in [0.2, 0.25) is 10.0 Å². The monoisotopic (exact) mass is 816 g/mol. The number of piperidine rings is 1. The fraction of sp³-hybridized carbons (Fsp3) is 0.452. The Labute approximate surface area is 336 Å². The van der Waals surface area contributed by atoms with E-state index in [9.17, 15) is 18.8 Å². The van der Waals surface area contributed by atoms with Crippen LogP contribution in [0.25, 0.3) is 32.9 Å². The molecule has 6 aliphatic rings. The zero-order chi connectivity index (χ0) is 39.9. The highest BCUT2D eigenvalue weighted by molar-refractivity contribution is 6.43. The molecule has 1 N–H and O–H groups in total. The third kappa shape index (κ3) is 5.50. The fourth-order valence-electron chi connectivity index (χ4n) is 10.2. The number of halogens is 6. The molecule has 7 heterocycles. The molecule has 2 aromatic carbocycles. The van der Waals surface area contributed by atoms with Crippen molar-refractivity contribution in [2.24, 2.45) is 11.8 Å². The molecule has 4 saturated heterocycles. The molecule has 57 heavy (non-hydrogen) atoms. The maximum absolute atomic E-state index is 17.4. The molecule has 2 aliphatic carbocycles. The summed E-state index contributed by atoms with van der Waals surface area (Å²) in [5, 5.41) is 15.6. The summed E-state index contributed by atoms with van der Waals surface area (Å²) in [6, 6.07) is 11.5. The van der Waals surface area contributed by atoms with Gasteiger partial charge in [0.15, 0.2) is 11.5 Å². The number of anilines is 1. The summed E-state index contributed by atoms with van der Waals surface area (Å²) in [4.78, 5) is 31.1. The van der Waals surface area contributed by atoms with E-state index in [1.165, 1.54) is 6.07 Å². The zero-order valence-corrected chi connectivity index (χ0v) is 32.9. The minimum atomic E-state index is -3.18. The summed E-state index contributed by atoms with van der Waals surface area (Å²) >= 11 is 13.1. The van der Waals surface area contributed by atoms with Crippen LogP contribution in [0.1, 0.15) is 80.2 Å². The van der Waals surface area contributed by atoms with Gasteiger partial charge in [-0.15, -0.1) is 0 Å². The number of pyridine rings is 1. The van der Waals surface area contributed by atoms with Crippen LogP contribution in [0.3, 0.4) is 0 Å². The van der Waals surface area contributed by atoms with Crippen LogP contribution in [0.15, 0.2) is 42.7 Å². The number of amides is 1. The summed E-state index contributed by atoms with van der Waals surface area (Å²) in [7, 11) is 0. The van der Waals surface area contributed by atoms with Gasteiger partial charge in [-0.2, -0.15) is 14.0 Å². The van der Waals surface area contributed by atoms with Crippen molar-refractivity contribution in [2.45, 2.75) is 88.1 Å². The molecule has 0 spiro atoms. The van der Waals surface area contributed by atoms with Gasteiger partial charge in [-0.05, 0) is 69.2 Å². The minimum absolute atomic E-state index is 0.0468. The Morgan fingerprint density at radius 3 is 2.58 bits per heavy atom. The Bertz CT molecular complexity index is 2570. The molecular weight excluding hydrogens is 779 g/mol. The molecule has 7 atom stereocenters. The van der Waals surface area contributed by atoms with E-state index >= 15 is 8.78 Å². The maximum atomic E-state index is 17.4. The highest BCUT2D eigenvalue weighted by atomic mass is 35.5. The molecule has 1 unspecified atom stereocenters. The number of likely N-dealkylation sites (tertiary alicyclic amines) is 1. The van der Waals surface area contributed by atoms with Crippen molar-refractivity contribution >= 4 is 56.7 Å². The van der Waals surface area contributed by atoms with Gasteiger partial charge in [-0.25, -0.2) is 23.7 Å². The van der Waals surface area contributed by atoms with E-state index in [0.29, 0.717) is 41.0 Å². The number of carbonyl (C=O) groups excluding carboxylic acids is 1. The van der Waals surface area contributed by atoms with Crippen LogP contribution in [0, 0.1) is 35.9 Å². The summed E-state index contributed by atoms with van der Waals surface area (Å²) < 4.78 is 64.5. The molecule has 4 bridgehead atoms. The summed E-state index contributed by atoms with van der Waals surface area (Å²) in [6.07, 6.45) is 2.95. The summed E-state index contributed by atoms with van der Waals surface area (Å²) in [5.74, 6) is -4.74. The van der Waals surface area contributed by atoms with Crippen molar-refractivity contribution in [1.29, 1.82) is 5.26 Å². The highest BCUT2D eigenvalue weighted by Crippen LogP contribution is 2.55. The van der Waals surface area contributed by atoms with Crippen LogP contribution >= 0.6 is 23.2 Å². The second-order valence-corrected chi connectivity index (χ2v) is 17.5. The van der Waals surface area contributed by atoms with Gasteiger partial charge in [0.1, 0.15) is 23.4 Å². The van der Waals surface area contributed by atoms with Gasteiger partial charge < -0.3 is 19.7 Å². The molecule has 15 heteroatoms. The van der Waals surface area contributed by atoms with Gasteiger partial charge in [0.25, 0.3) is 11.8 Å². The van der Waals surface area contributed by atoms with Crippen molar-refractivity contribution in [3.8, 4) is 17.2 Å². The van der Waals surface area contributed by atoms with Gasteiger partial charge in [0, 0.05) is 77.9 Å². The van der Waals surface area contributed by atoms with Crippen LogP contribution < -0.4 is 10.2 Å². The lowest BCUT2D eigenvalue weighted by atomic mass is 9.79. The molecule has 5 aromatic rings. The lowest BCUT2D eigenvalue weighted by Crippen LogP contribution is -2.48. The highest BCUT2D eigenvalue weighted by Gasteiger charge is 2.60. The Morgan fingerprint density at radius 1 is 1.11 bits per heavy atom. The van der Waals surface area contributed by atoms with Gasteiger partial charge in [-0.1, -0.05) is 35.3 Å². The SMILES string of the molecule is Cc1nc2c(F)c(-c3cccc(Cl)c3Cl)c(C(C)C#N)cc2c2c1cc([C@H]1[C@H]3C[C@H](CN(c4cc(C(C)(F)F)ncn4)C3)N1C(=O)C1(F)CC1)n2[C@H]1[C@H]2CN[C@@H]1C2. The first-order valence-corrected chi connectivity index (χ1v) is 20.2. The van der Waals surface area contributed by atoms with Crippen LogP contribution in [-0.4, -0.2) is 67.7 Å². The number of aromatic nitrogens is 4. The predicted molar refractivity (Wildman–Crippen MR) is 209 cm³/mol. The van der Waals surface area contributed by atoms with E-state index in [1.807, 2.05) is 24.0 Å². The number of carbonyl (C=O) groups is 1. The quantitative estimate of drug-likeness (QED) is 0.164. The van der Waals surface area contributed by atoms with E-state index in [-0.39, 0.29) is 64.4 Å². The molecule has 11 rings (SSSR count). The van der Waals surface area contributed by atoms with Crippen molar-refractivity contribution in [2.75, 3.05) is 24.5 Å². The van der Waals surface area contributed by atoms with E-state index in [2.05, 4.69) is 25.9 Å². The topological polar surface area (TPSA) is 103 Å². The number of hydrogen-bond donors (Lipinski definition) is 1. The van der Waals surface area contributed by atoms with E-state index < -0.39 is 47.0 Å². The number of nitrogens with one attached hydrogen (secondary N) is 1. The second kappa shape index (κ2) is 12.7. The average Bonchev–Trinajstić information content (AvgIpc) is 3.53. The number of nitrogens with zero attached hydrogens (tertiary/aromatic N) is 7. The molecule has 6 fully saturated rings.